The van der Waals surface area contributed by atoms with Gasteiger partial charge in [0.25, 0.3) is 0 Å². The fraction of sp³-hybridized carbons (Fsp3) is 0.708. The molecule has 1 saturated heterocycles. The highest BCUT2D eigenvalue weighted by molar-refractivity contribution is 14.0. The van der Waals surface area contributed by atoms with Crippen LogP contribution in [-0.4, -0.2) is 55.3 Å². The van der Waals surface area contributed by atoms with E-state index in [2.05, 4.69) is 36.3 Å². The second-order valence-electron chi connectivity index (χ2n) is 8.92. The number of nitrogens with one attached hydrogen (secondary N) is 2. The van der Waals surface area contributed by atoms with Crippen LogP contribution in [0.15, 0.2) is 29.3 Å². The Labute approximate surface area is 205 Å². The minimum absolute atomic E-state index is 0. The summed E-state index contributed by atoms with van der Waals surface area (Å²) in [7, 11) is 0. The molecule has 2 rings (SSSR count). The van der Waals surface area contributed by atoms with E-state index in [1.165, 1.54) is 0 Å². The number of guanidine groups is 1. The van der Waals surface area contributed by atoms with Gasteiger partial charge in [0, 0.05) is 38.3 Å². The van der Waals surface area contributed by atoms with Gasteiger partial charge >= 0.3 is 0 Å². The van der Waals surface area contributed by atoms with Crippen LogP contribution in [0, 0.1) is 23.6 Å². The van der Waals surface area contributed by atoms with Crippen LogP contribution < -0.4 is 10.6 Å². The molecule has 1 heterocycles. The molecule has 0 spiro atoms. The van der Waals surface area contributed by atoms with Crippen molar-refractivity contribution in [2.75, 3.05) is 39.3 Å². The highest BCUT2D eigenvalue weighted by Crippen LogP contribution is 2.19. The molecule has 1 aromatic rings. The van der Waals surface area contributed by atoms with E-state index in [0.29, 0.717) is 24.3 Å². The first kappa shape index (κ1) is 28.1. The number of benzene rings is 1. The fourth-order valence-corrected chi connectivity index (χ4v) is 4.15. The molecule has 0 radical (unpaired) electrons. The summed E-state index contributed by atoms with van der Waals surface area (Å²) in [5.74, 6) is 2.41. The van der Waals surface area contributed by atoms with Crippen molar-refractivity contribution in [3.63, 3.8) is 0 Å². The average Bonchev–Trinajstić information content (AvgIpc) is 2.72. The molecule has 0 aliphatic carbocycles. The van der Waals surface area contributed by atoms with Crippen LogP contribution in [0.25, 0.3) is 0 Å². The smallest absolute Gasteiger partial charge is 0.191 e. The monoisotopic (exact) mass is 548 g/mol. The molecule has 0 amide bonds. The Morgan fingerprint density at radius 1 is 1.23 bits per heavy atom. The molecule has 1 unspecified atom stereocenters. The maximum Gasteiger partial charge on any atom is 0.191 e. The Morgan fingerprint density at radius 2 is 1.94 bits per heavy atom. The van der Waals surface area contributed by atoms with Crippen molar-refractivity contribution < 1.29 is 9.50 Å². The number of rotatable bonds is 11. The molecule has 0 saturated carbocycles. The second kappa shape index (κ2) is 15.8. The Morgan fingerprint density at radius 3 is 2.55 bits per heavy atom. The number of piperidine rings is 1. The summed E-state index contributed by atoms with van der Waals surface area (Å²) in [5, 5.41) is 16.2. The summed E-state index contributed by atoms with van der Waals surface area (Å²) in [6.45, 7) is 11.9. The van der Waals surface area contributed by atoms with Gasteiger partial charge in [-0.1, -0.05) is 32.0 Å². The first-order valence-electron chi connectivity index (χ1n) is 11.6. The fourth-order valence-electron chi connectivity index (χ4n) is 4.15. The van der Waals surface area contributed by atoms with E-state index >= 15 is 0 Å². The number of hydrogen-bond donors (Lipinski definition) is 3. The molecule has 1 atom stereocenters. The van der Waals surface area contributed by atoms with E-state index in [1.807, 2.05) is 12.1 Å². The van der Waals surface area contributed by atoms with Crippen LogP contribution in [-0.2, 0) is 6.54 Å². The maximum atomic E-state index is 13.9. The van der Waals surface area contributed by atoms with Crippen molar-refractivity contribution in [3.05, 3.63) is 35.6 Å². The molecule has 5 nitrogen and oxygen atoms in total. The Bertz CT molecular complexity index is 636. The number of hydrogen-bond acceptors (Lipinski definition) is 3. The van der Waals surface area contributed by atoms with Crippen LogP contribution in [0.1, 0.15) is 52.0 Å². The summed E-state index contributed by atoms with van der Waals surface area (Å²) in [6.07, 6.45) is 4.12. The van der Waals surface area contributed by atoms with Crippen LogP contribution in [0.2, 0.25) is 0 Å². The normalized spacial score (nSPS) is 16.8. The number of halogens is 2. The van der Waals surface area contributed by atoms with Gasteiger partial charge in [-0.25, -0.2) is 4.39 Å². The molecule has 1 aromatic carbocycles. The summed E-state index contributed by atoms with van der Waals surface area (Å²) < 4.78 is 13.9. The number of aliphatic hydroxyl groups excluding tert-OH is 1. The topological polar surface area (TPSA) is 59.9 Å². The molecule has 7 heteroatoms. The number of nitrogens with zero attached hydrogens (tertiary/aromatic N) is 2. The largest absolute Gasteiger partial charge is 0.396 e. The molecule has 3 N–H and O–H groups in total. The first-order chi connectivity index (χ1) is 14.5. The zero-order valence-electron chi connectivity index (χ0n) is 19.4. The van der Waals surface area contributed by atoms with Crippen molar-refractivity contribution in [3.8, 4) is 0 Å². The molecule has 0 aromatic heterocycles. The minimum Gasteiger partial charge on any atom is -0.396 e. The van der Waals surface area contributed by atoms with E-state index in [-0.39, 0.29) is 36.4 Å². The van der Waals surface area contributed by atoms with Gasteiger partial charge in [0.05, 0.1) is 0 Å². The van der Waals surface area contributed by atoms with Gasteiger partial charge in [0.15, 0.2) is 5.96 Å². The molecule has 1 aliphatic heterocycles. The third kappa shape index (κ3) is 11.0. The standard InChI is InChI=1S/C24H41FN4O.HI/c1-4-26-24(28-17-21(11-14-30)15-19(2)3)27-16-20-9-12-29(13-10-20)18-22-7-5-6-8-23(22)25;/h5-8,19-21,30H,4,9-18H2,1-3H3,(H2,26,27,28);1H. The zero-order chi connectivity index (χ0) is 21.8. The molecule has 0 bridgehead atoms. The van der Waals surface area contributed by atoms with E-state index in [9.17, 15) is 9.50 Å². The second-order valence-corrected chi connectivity index (χ2v) is 8.92. The van der Waals surface area contributed by atoms with Crippen LogP contribution in [0.3, 0.4) is 0 Å². The van der Waals surface area contributed by atoms with E-state index in [4.69, 9.17) is 4.99 Å². The highest BCUT2D eigenvalue weighted by atomic mass is 127. The summed E-state index contributed by atoms with van der Waals surface area (Å²) in [6, 6.07) is 7.07. The highest BCUT2D eigenvalue weighted by Gasteiger charge is 2.20. The maximum absolute atomic E-state index is 13.9. The molecular formula is C24H42FIN4O. The van der Waals surface area contributed by atoms with Crippen LogP contribution >= 0.6 is 24.0 Å². The van der Waals surface area contributed by atoms with Crippen LogP contribution in [0.5, 0.6) is 0 Å². The molecule has 1 aliphatic rings. The first-order valence-corrected chi connectivity index (χ1v) is 11.6. The quantitative estimate of drug-likeness (QED) is 0.220. The van der Waals surface area contributed by atoms with E-state index in [0.717, 1.165) is 69.9 Å². The van der Waals surface area contributed by atoms with Gasteiger partial charge in [-0.3, -0.25) is 9.89 Å². The minimum atomic E-state index is -0.107. The van der Waals surface area contributed by atoms with Crippen molar-refractivity contribution in [2.24, 2.45) is 22.7 Å². The zero-order valence-corrected chi connectivity index (χ0v) is 21.8. The predicted molar refractivity (Wildman–Crippen MR) is 138 cm³/mol. The average molecular weight is 549 g/mol. The lowest BCUT2D eigenvalue weighted by Crippen LogP contribution is -2.43. The van der Waals surface area contributed by atoms with Crippen molar-refractivity contribution in [1.29, 1.82) is 0 Å². The van der Waals surface area contributed by atoms with Gasteiger partial charge in [-0.2, -0.15) is 0 Å². The number of aliphatic imine (C=N–C) groups is 1. The predicted octanol–water partition coefficient (Wildman–Crippen LogP) is 4.26. The molecule has 31 heavy (non-hydrogen) atoms. The van der Waals surface area contributed by atoms with Crippen molar-refractivity contribution in [1.82, 2.24) is 15.5 Å². The third-order valence-electron chi connectivity index (χ3n) is 5.81. The lowest BCUT2D eigenvalue weighted by molar-refractivity contribution is 0.176. The summed E-state index contributed by atoms with van der Waals surface area (Å²) in [4.78, 5) is 7.13. The van der Waals surface area contributed by atoms with Gasteiger partial charge in [-0.05, 0) is 69.5 Å². The molecular weight excluding hydrogens is 506 g/mol. The number of likely N-dealkylation sites (tertiary alicyclic amines) is 1. The van der Waals surface area contributed by atoms with Gasteiger partial charge < -0.3 is 15.7 Å². The van der Waals surface area contributed by atoms with Crippen molar-refractivity contribution in [2.45, 2.75) is 53.0 Å². The third-order valence-corrected chi connectivity index (χ3v) is 5.81. The Balaban J connectivity index is 0.00000480. The van der Waals surface area contributed by atoms with Gasteiger partial charge in [-0.15, -0.1) is 24.0 Å². The molecule has 1 fully saturated rings. The van der Waals surface area contributed by atoms with Crippen molar-refractivity contribution >= 4 is 29.9 Å². The Kier molecular flexibility index (Phi) is 14.3. The lowest BCUT2D eigenvalue weighted by atomic mass is 9.94. The number of aliphatic hydroxyl groups is 1. The van der Waals surface area contributed by atoms with Crippen LogP contribution in [0.4, 0.5) is 4.39 Å². The summed E-state index contributed by atoms with van der Waals surface area (Å²) in [5.41, 5.74) is 0.787. The van der Waals surface area contributed by atoms with Gasteiger partial charge in [0.1, 0.15) is 5.82 Å². The van der Waals surface area contributed by atoms with Gasteiger partial charge in [0.2, 0.25) is 0 Å². The van der Waals surface area contributed by atoms with E-state index in [1.54, 1.807) is 12.1 Å². The SMILES string of the molecule is CCNC(=NCC(CCO)CC(C)C)NCC1CCN(Cc2ccccc2F)CC1.I. The Hall–Kier alpha value is -0.930. The summed E-state index contributed by atoms with van der Waals surface area (Å²) >= 11 is 0. The molecule has 178 valence electrons. The lowest BCUT2D eigenvalue weighted by Gasteiger charge is -2.32. The van der Waals surface area contributed by atoms with E-state index < -0.39 is 0 Å².